The van der Waals surface area contributed by atoms with Gasteiger partial charge in [0, 0.05) is 6.54 Å². The molecule has 8 nitrogen and oxygen atoms in total. The highest BCUT2D eigenvalue weighted by molar-refractivity contribution is 5.88. The van der Waals surface area contributed by atoms with E-state index in [1.165, 1.54) is 0 Å². The molecule has 1 aromatic rings. The molecule has 0 saturated heterocycles. The second-order valence-corrected chi connectivity index (χ2v) is 8.02. The average molecular weight is 407 g/mol. The van der Waals surface area contributed by atoms with Crippen LogP contribution in [-0.4, -0.2) is 42.1 Å². The number of carbonyl (C=O) groups is 3. The van der Waals surface area contributed by atoms with Crippen molar-refractivity contribution in [3.8, 4) is 0 Å². The largest absolute Gasteiger partial charge is 0.444 e. The number of benzene rings is 1. The smallest absolute Gasteiger partial charge is 0.407 e. The van der Waals surface area contributed by atoms with E-state index in [1.54, 1.807) is 20.8 Å². The van der Waals surface area contributed by atoms with Crippen molar-refractivity contribution in [2.75, 3.05) is 6.54 Å². The number of hydrogen-bond acceptors (Lipinski definition) is 5. The summed E-state index contributed by atoms with van der Waals surface area (Å²) in [7, 11) is 0. The molecule has 2 atom stereocenters. The van der Waals surface area contributed by atoms with E-state index in [9.17, 15) is 14.4 Å². The second-order valence-electron chi connectivity index (χ2n) is 8.02. The molecule has 6 N–H and O–H groups in total. The number of nitrogens with two attached hydrogens (primary N) is 2. The normalized spacial score (nSPS) is 13.2. The van der Waals surface area contributed by atoms with Crippen LogP contribution in [0.25, 0.3) is 0 Å². The molecule has 0 unspecified atom stereocenters. The quantitative estimate of drug-likeness (QED) is 0.414. The van der Waals surface area contributed by atoms with E-state index in [2.05, 4.69) is 10.6 Å². The Bertz CT molecular complexity index is 658. The van der Waals surface area contributed by atoms with Gasteiger partial charge in [-0.1, -0.05) is 30.3 Å². The van der Waals surface area contributed by atoms with E-state index in [-0.39, 0.29) is 0 Å². The third-order valence-electron chi connectivity index (χ3n) is 4.17. The maximum atomic E-state index is 12.3. The van der Waals surface area contributed by atoms with Crippen molar-refractivity contribution in [2.45, 2.75) is 70.6 Å². The minimum absolute atomic E-state index is 0.401. The Morgan fingerprint density at radius 3 is 2.31 bits per heavy atom. The first-order chi connectivity index (χ1) is 13.6. The lowest BCUT2D eigenvalue weighted by Crippen LogP contribution is -2.50. The first-order valence-electron chi connectivity index (χ1n) is 9.94. The van der Waals surface area contributed by atoms with Crippen molar-refractivity contribution in [1.82, 2.24) is 10.6 Å². The fourth-order valence-electron chi connectivity index (χ4n) is 2.64. The van der Waals surface area contributed by atoms with Crippen molar-refractivity contribution in [3.05, 3.63) is 35.9 Å². The van der Waals surface area contributed by atoms with Gasteiger partial charge in [-0.3, -0.25) is 9.59 Å². The van der Waals surface area contributed by atoms with Crippen LogP contribution in [0.2, 0.25) is 0 Å². The molecule has 0 radical (unpaired) electrons. The van der Waals surface area contributed by atoms with Gasteiger partial charge in [-0.05, 0) is 58.4 Å². The van der Waals surface area contributed by atoms with Gasteiger partial charge >= 0.3 is 6.09 Å². The van der Waals surface area contributed by atoms with Gasteiger partial charge in [-0.2, -0.15) is 0 Å². The minimum Gasteiger partial charge on any atom is -0.444 e. The third-order valence-corrected chi connectivity index (χ3v) is 4.17. The van der Waals surface area contributed by atoms with Gasteiger partial charge in [0.1, 0.15) is 11.6 Å². The molecule has 0 aromatic heterocycles. The number of unbranched alkanes of at least 4 members (excludes halogenated alkanes) is 1. The molecule has 0 spiro atoms. The lowest BCUT2D eigenvalue weighted by molar-refractivity contribution is -0.128. The minimum atomic E-state index is -0.761. The summed E-state index contributed by atoms with van der Waals surface area (Å²) in [6.45, 7) is 5.82. The zero-order valence-corrected chi connectivity index (χ0v) is 17.6. The lowest BCUT2D eigenvalue weighted by Gasteiger charge is -2.20. The van der Waals surface area contributed by atoms with Crippen LogP contribution >= 0.6 is 0 Å². The van der Waals surface area contributed by atoms with Crippen LogP contribution in [0.3, 0.4) is 0 Å². The summed E-state index contributed by atoms with van der Waals surface area (Å²) in [5, 5.41) is 5.30. The lowest BCUT2D eigenvalue weighted by atomic mass is 10.0. The fourth-order valence-corrected chi connectivity index (χ4v) is 2.64. The SMILES string of the molecule is CC(C)(C)OC(=O)NCCCC[C@H](N)C(=O)N[C@@H](CCc1ccccc1)C(N)=O. The molecular weight excluding hydrogens is 372 g/mol. The van der Waals surface area contributed by atoms with Crippen molar-refractivity contribution < 1.29 is 19.1 Å². The monoisotopic (exact) mass is 406 g/mol. The number of aryl methyl sites for hydroxylation is 1. The van der Waals surface area contributed by atoms with E-state index in [4.69, 9.17) is 16.2 Å². The number of rotatable bonds is 11. The van der Waals surface area contributed by atoms with Gasteiger partial charge in [-0.25, -0.2) is 4.79 Å². The predicted molar refractivity (Wildman–Crippen MR) is 112 cm³/mol. The summed E-state index contributed by atoms with van der Waals surface area (Å²) in [5.41, 5.74) is 11.9. The van der Waals surface area contributed by atoms with E-state index in [0.717, 1.165) is 5.56 Å². The summed E-state index contributed by atoms with van der Waals surface area (Å²) in [5.74, 6) is -0.981. The van der Waals surface area contributed by atoms with Gasteiger partial charge in [0.2, 0.25) is 11.8 Å². The van der Waals surface area contributed by atoms with Gasteiger partial charge in [0.05, 0.1) is 6.04 Å². The molecule has 0 aliphatic heterocycles. The summed E-state index contributed by atoms with van der Waals surface area (Å²) < 4.78 is 5.14. The molecular formula is C21H34N4O4. The van der Waals surface area contributed by atoms with Crippen LogP contribution < -0.4 is 22.1 Å². The van der Waals surface area contributed by atoms with E-state index in [0.29, 0.717) is 38.6 Å². The molecule has 0 bridgehead atoms. The van der Waals surface area contributed by atoms with Crippen LogP contribution in [0, 0.1) is 0 Å². The number of alkyl carbamates (subject to hydrolysis) is 1. The van der Waals surface area contributed by atoms with Crippen molar-refractivity contribution in [2.24, 2.45) is 11.5 Å². The molecule has 1 aromatic carbocycles. The number of carbonyl (C=O) groups excluding carboxylic acids is 3. The number of hydrogen-bond donors (Lipinski definition) is 4. The van der Waals surface area contributed by atoms with Crippen LogP contribution in [-0.2, 0) is 20.7 Å². The van der Waals surface area contributed by atoms with Crippen molar-refractivity contribution >= 4 is 17.9 Å². The summed E-state index contributed by atoms with van der Waals surface area (Å²) in [4.78, 5) is 35.5. The van der Waals surface area contributed by atoms with Gasteiger partial charge in [-0.15, -0.1) is 0 Å². The van der Waals surface area contributed by atoms with Gasteiger partial charge in [0.15, 0.2) is 0 Å². The Labute approximate surface area is 172 Å². The summed E-state index contributed by atoms with van der Waals surface area (Å²) >= 11 is 0. The Morgan fingerprint density at radius 1 is 1.07 bits per heavy atom. The molecule has 3 amide bonds. The Hall–Kier alpha value is -2.61. The van der Waals surface area contributed by atoms with E-state index < -0.39 is 35.6 Å². The van der Waals surface area contributed by atoms with Gasteiger partial charge < -0.3 is 26.8 Å². The molecule has 0 heterocycles. The Balaban J connectivity index is 2.30. The standard InChI is InChI=1S/C21H34N4O4/c1-21(2,3)29-20(28)24-14-8-7-11-16(22)19(27)25-17(18(23)26)13-12-15-9-5-4-6-10-15/h4-6,9-10,16-17H,7-8,11-14,22H2,1-3H3,(H2,23,26)(H,24,28)(H,25,27)/t16-,17-/m0/s1. The molecule has 0 fully saturated rings. The van der Waals surface area contributed by atoms with Crippen LogP contribution in [0.15, 0.2) is 30.3 Å². The fraction of sp³-hybridized carbons (Fsp3) is 0.571. The topological polar surface area (TPSA) is 137 Å². The van der Waals surface area contributed by atoms with E-state index in [1.807, 2.05) is 30.3 Å². The van der Waals surface area contributed by atoms with Gasteiger partial charge in [0.25, 0.3) is 0 Å². The van der Waals surface area contributed by atoms with E-state index >= 15 is 0 Å². The predicted octanol–water partition coefficient (Wildman–Crippen LogP) is 1.61. The van der Waals surface area contributed by atoms with Crippen molar-refractivity contribution in [1.29, 1.82) is 0 Å². The average Bonchev–Trinajstić information content (AvgIpc) is 2.63. The highest BCUT2D eigenvalue weighted by Gasteiger charge is 2.21. The summed E-state index contributed by atoms with van der Waals surface area (Å²) in [6, 6.07) is 8.16. The second kappa shape index (κ2) is 12.1. The molecule has 0 aliphatic rings. The van der Waals surface area contributed by atoms with Crippen LogP contribution in [0.5, 0.6) is 0 Å². The Morgan fingerprint density at radius 2 is 1.72 bits per heavy atom. The van der Waals surface area contributed by atoms with Crippen LogP contribution in [0.4, 0.5) is 4.79 Å². The first-order valence-corrected chi connectivity index (χ1v) is 9.94. The maximum Gasteiger partial charge on any atom is 0.407 e. The zero-order valence-electron chi connectivity index (χ0n) is 17.6. The molecule has 0 saturated carbocycles. The number of nitrogens with one attached hydrogen (secondary N) is 2. The molecule has 162 valence electrons. The number of primary amides is 1. The number of ether oxygens (including phenoxy) is 1. The Kier molecular flexibility index (Phi) is 10.2. The number of amides is 3. The molecule has 1 rings (SSSR count). The van der Waals surface area contributed by atoms with Crippen LogP contribution in [0.1, 0.15) is 52.0 Å². The highest BCUT2D eigenvalue weighted by Crippen LogP contribution is 2.07. The highest BCUT2D eigenvalue weighted by atomic mass is 16.6. The zero-order chi connectivity index (χ0) is 21.9. The molecule has 0 aliphatic carbocycles. The molecule has 29 heavy (non-hydrogen) atoms. The molecule has 8 heteroatoms. The van der Waals surface area contributed by atoms with Crippen molar-refractivity contribution in [3.63, 3.8) is 0 Å². The summed E-state index contributed by atoms with van der Waals surface area (Å²) in [6.07, 6.45) is 2.31. The maximum absolute atomic E-state index is 12.3. The third kappa shape index (κ3) is 11.1. The first kappa shape index (κ1) is 24.4.